The summed E-state index contributed by atoms with van der Waals surface area (Å²) < 4.78 is 5.56. The van der Waals surface area contributed by atoms with Crippen LogP contribution in [0.3, 0.4) is 0 Å². The standard InChI is InChI=1S/C24H25N3O3/c1-24(2,3)30-23(29)27-12-6-8-16-10-11-18(13-21(16)27)26-22(28)20-15-25-14-17-7-4-5-9-19(17)20/h4-5,7,9-11,13-15H,6,8,12H2,1-3H3,(H,26,28). The van der Waals surface area contributed by atoms with Gasteiger partial charge >= 0.3 is 6.09 Å². The number of nitrogens with one attached hydrogen (secondary N) is 1. The van der Waals surface area contributed by atoms with Crippen LogP contribution in [-0.4, -0.2) is 29.1 Å². The second-order valence-corrected chi connectivity index (χ2v) is 8.44. The number of nitrogens with zero attached hydrogens (tertiary/aromatic N) is 2. The van der Waals surface area contributed by atoms with Crippen molar-refractivity contribution in [2.45, 2.75) is 39.2 Å². The van der Waals surface area contributed by atoms with Gasteiger partial charge in [-0.2, -0.15) is 0 Å². The first-order chi connectivity index (χ1) is 14.3. The summed E-state index contributed by atoms with van der Waals surface area (Å²) in [6.45, 7) is 6.15. The lowest BCUT2D eigenvalue weighted by atomic mass is 10.0. The van der Waals surface area contributed by atoms with Crippen LogP contribution < -0.4 is 10.2 Å². The topological polar surface area (TPSA) is 71.5 Å². The third-order valence-corrected chi connectivity index (χ3v) is 4.99. The van der Waals surface area contributed by atoms with Crippen molar-refractivity contribution in [2.24, 2.45) is 0 Å². The normalized spacial score (nSPS) is 13.6. The van der Waals surface area contributed by atoms with E-state index < -0.39 is 5.60 Å². The minimum absolute atomic E-state index is 0.237. The van der Waals surface area contributed by atoms with Gasteiger partial charge in [-0.25, -0.2) is 4.79 Å². The van der Waals surface area contributed by atoms with E-state index in [0.29, 0.717) is 17.8 Å². The molecular weight excluding hydrogens is 378 g/mol. The second kappa shape index (κ2) is 7.78. The van der Waals surface area contributed by atoms with Crippen molar-refractivity contribution in [1.29, 1.82) is 0 Å². The number of aromatic nitrogens is 1. The number of carbonyl (C=O) groups excluding carboxylic acids is 2. The lowest BCUT2D eigenvalue weighted by molar-refractivity contribution is 0.0577. The van der Waals surface area contributed by atoms with Gasteiger partial charge in [-0.1, -0.05) is 30.3 Å². The summed E-state index contributed by atoms with van der Waals surface area (Å²) in [7, 11) is 0. The Labute approximate surface area is 175 Å². The largest absolute Gasteiger partial charge is 0.443 e. The average molecular weight is 403 g/mol. The molecule has 0 spiro atoms. The summed E-state index contributed by atoms with van der Waals surface area (Å²) in [5, 5.41) is 4.71. The first-order valence-electron chi connectivity index (χ1n) is 10.1. The van der Waals surface area contributed by atoms with E-state index in [1.807, 2.05) is 63.2 Å². The number of benzene rings is 2. The molecule has 1 N–H and O–H groups in total. The first-order valence-corrected chi connectivity index (χ1v) is 10.1. The maximum atomic E-state index is 12.9. The van der Waals surface area contributed by atoms with Gasteiger partial charge in [0.25, 0.3) is 5.91 Å². The smallest absolute Gasteiger partial charge is 0.414 e. The van der Waals surface area contributed by atoms with Crippen molar-refractivity contribution in [3.8, 4) is 0 Å². The lowest BCUT2D eigenvalue weighted by Crippen LogP contribution is -2.39. The van der Waals surface area contributed by atoms with Crippen molar-refractivity contribution in [3.05, 3.63) is 66.0 Å². The van der Waals surface area contributed by atoms with E-state index in [9.17, 15) is 9.59 Å². The average Bonchev–Trinajstić information content (AvgIpc) is 2.71. The minimum atomic E-state index is -0.568. The van der Waals surface area contributed by atoms with Crippen LogP contribution in [0.4, 0.5) is 16.2 Å². The van der Waals surface area contributed by atoms with E-state index in [1.165, 1.54) is 0 Å². The Bertz CT molecular complexity index is 1110. The molecule has 4 rings (SSSR count). The molecule has 6 nitrogen and oxygen atoms in total. The van der Waals surface area contributed by atoms with Crippen LogP contribution in [-0.2, 0) is 11.2 Å². The Morgan fingerprint density at radius 3 is 2.70 bits per heavy atom. The molecule has 30 heavy (non-hydrogen) atoms. The van der Waals surface area contributed by atoms with Gasteiger partial charge < -0.3 is 10.1 Å². The molecule has 0 radical (unpaired) electrons. The second-order valence-electron chi connectivity index (χ2n) is 8.44. The SMILES string of the molecule is CC(C)(C)OC(=O)N1CCCc2ccc(NC(=O)c3cncc4ccccc34)cc21. The van der Waals surface area contributed by atoms with Crippen LogP contribution in [0.15, 0.2) is 54.9 Å². The van der Waals surface area contributed by atoms with E-state index in [1.54, 1.807) is 17.3 Å². The molecule has 1 aliphatic rings. The molecule has 1 aliphatic heterocycles. The third kappa shape index (κ3) is 4.13. The zero-order valence-electron chi connectivity index (χ0n) is 17.4. The van der Waals surface area contributed by atoms with Gasteiger partial charge in [0.2, 0.25) is 0 Å². The maximum absolute atomic E-state index is 12.9. The Balaban J connectivity index is 1.61. The number of ether oxygens (including phenoxy) is 1. The minimum Gasteiger partial charge on any atom is -0.443 e. The molecule has 0 unspecified atom stereocenters. The van der Waals surface area contributed by atoms with Crippen LogP contribution in [0.5, 0.6) is 0 Å². The monoisotopic (exact) mass is 403 g/mol. The highest BCUT2D eigenvalue weighted by Gasteiger charge is 2.27. The summed E-state index contributed by atoms with van der Waals surface area (Å²) in [6.07, 6.45) is 4.70. The van der Waals surface area contributed by atoms with Crippen LogP contribution in [0.25, 0.3) is 10.8 Å². The van der Waals surface area contributed by atoms with Crippen LogP contribution in [0.1, 0.15) is 43.1 Å². The van der Waals surface area contributed by atoms with E-state index >= 15 is 0 Å². The Morgan fingerprint density at radius 1 is 1.10 bits per heavy atom. The molecule has 0 bridgehead atoms. The molecule has 6 heteroatoms. The van der Waals surface area contributed by atoms with Crippen molar-refractivity contribution >= 4 is 34.1 Å². The van der Waals surface area contributed by atoms with Crippen molar-refractivity contribution in [1.82, 2.24) is 4.98 Å². The maximum Gasteiger partial charge on any atom is 0.414 e. The van der Waals surface area contributed by atoms with Gasteiger partial charge in [0.15, 0.2) is 0 Å². The van der Waals surface area contributed by atoms with E-state index in [0.717, 1.165) is 34.9 Å². The molecule has 2 heterocycles. The zero-order valence-corrected chi connectivity index (χ0v) is 17.4. The van der Waals surface area contributed by atoms with Crippen LogP contribution >= 0.6 is 0 Å². The Kier molecular flexibility index (Phi) is 5.16. The Morgan fingerprint density at radius 2 is 1.90 bits per heavy atom. The van der Waals surface area contributed by atoms with Crippen molar-refractivity contribution < 1.29 is 14.3 Å². The van der Waals surface area contributed by atoms with Gasteiger partial charge in [0.05, 0.1) is 11.3 Å². The predicted molar refractivity (Wildman–Crippen MR) is 118 cm³/mol. The fraction of sp³-hybridized carbons (Fsp3) is 0.292. The molecule has 1 aromatic heterocycles. The number of aryl methyl sites for hydroxylation is 1. The summed E-state index contributed by atoms with van der Waals surface area (Å²) in [5.41, 5.74) is 2.42. The molecule has 3 aromatic rings. The summed E-state index contributed by atoms with van der Waals surface area (Å²) in [6, 6.07) is 13.3. The summed E-state index contributed by atoms with van der Waals surface area (Å²) in [5.74, 6) is -0.237. The van der Waals surface area contributed by atoms with Gasteiger partial charge in [0, 0.05) is 30.0 Å². The van der Waals surface area contributed by atoms with E-state index in [-0.39, 0.29) is 12.0 Å². The van der Waals surface area contributed by atoms with Gasteiger partial charge in [0.1, 0.15) is 5.60 Å². The van der Waals surface area contributed by atoms with Crippen molar-refractivity contribution in [2.75, 3.05) is 16.8 Å². The predicted octanol–water partition coefficient (Wildman–Crippen LogP) is 5.17. The Hall–Kier alpha value is -3.41. The zero-order chi connectivity index (χ0) is 21.3. The summed E-state index contributed by atoms with van der Waals surface area (Å²) >= 11 is 0. The molecule has 2 amide bonds. The number of hydrogen-bond donors (Lipinski definition) is 1. The molecular formula is C24H25N3O3. The van der Waals surface area contributed by atoms with E-state index in [2.05, 4.69) is 10.3 Å². The molecule has 0 saturated carbocycles. The molecule has 2 aromatic carbocycles. The number of pyridine rings is 1. The fourth-order valence-electron chi connectivity index (χ4n) is 3.65. The number of amides is 2. The fourth-order valence-corrected chi connectivity index (χ4v) is 3.65. The molecule has 154 valence electrons. The first kappa shape index (κ1) is 19.9. The molecule has 0 aliphatic carbocycles. The number of anilines is 2. The van der Waals surface area contributed by atoms with Crippen LogP contribution in [0, 0.1) is 0 Å². The van der Waals surface area contributed by atoms with Crippen molar-refractivity contribution in [3.63, 3.8) is 0 Å². The number of hydrogen-bond acceptors (Lipinski definition) is 4. The quantitative estimate of drug-likeness (QED) is 0.640. The summed E-state index contributed by atoms with van der Waals surface area (Å²) in [4.78, 5) is 31.5. The third-order valence-electron chi connectivity index (χ3n) is 4.99. The lowest BCUT2D eigenvalue weighted by Gasteiger charge is -2.32. The highest BCUT2D eigenvalue weighted by Crippen LogP contribution is 2.31. The molecule has 0 atom stereocenters. The number of rotatable bonds is 2. The molecule has 0 fully saturated rings. The van der Waals surface area contributed by atoms with E-state index in [4.69, 9.17) is 4.74 Å². The van der Waals surface area contributed by atoms with Gasteiger partial charge in [-0.15, -0.1) is 0 Å². The highest BCUT2D eigenvalue weighted by molar-refractivity contribution is 6.12. The van der Waals surface area contributed by atoms with Gasteiger partial charge in [-0.3, -0.25) is 14.7 Å². The van der Waals surface area contributed by atoms with Gasteiger partial charge in [-0.05, 0) is 56.7 Å². The highest BCUT2D eigenvalue weighted by atomic mass is 16.6. The number of carbonyl (C=O) groups is 2. The number of fused-ring (bicyclic) bond motifs is 2. The molecule has 0 saturated heterocycles. The van der Waals surface area contributed by atoms with Crippen LogP contribution in [0.2, 0.25) is 0 Å².